The quantitative estimate of drug-likeness (QED) is 0.587. The van der Waals surface area contributed by atoms with E-state index >= 15 is 0 Å². The maximum atomic E-state index is 11.1. The van der Waals surface area contributed by atoms with Crippen molar-refractivity contribution >= 4 is 5.97 Å². The van der Waals surface area contributed by atoms with Crippen LogP contribution in [-0.2, 0) is 4.79 Å². The predicted molar refractivity (Wildman–Crippen MR) is 56.9 cm³/mol. The summed E-state index contributed by atoms with van der Waals surface area (Å²) in [6, 6.07) is 6.90. The number of esters is 1. The van der Waals surface area contributed by atoms with Crippen LogP contribution in [0.2, 0.25) is 0 Å². The minimum absolute atomic E-state index is 0.229. The molecule has 0 aliphatic heterocycles. The number of hydrogen-bond acceptors (Lipinski definition) is 4. The summed E-state index contributed by atoms with van der Waals surface area (Å²) >= 11 is 0. The van der Waals surface area contributed by atoms with Crippen LogP contribution in [0.25, 0.3) is 0 Å². The predicted octanol–water partition coefficient (Wildman–Crippen LogP) is 1.34. The van der Waals surface area contributed by atoms with Crippen LogP contribution in [0.5, 0.6) is 11.5 Å². The fourth-order valence-corrected chi connectivity index (χ4v) is 1.07. The molecule has 1 aromatic rings. The Morgan fingerprint density at radius 3 is 2.40 bits per heavy atom. The van der Waals surface area contributed by atoms with E-state index < -0.39 is 0 Å². The molecule has 0 spiro atoms. The molecule has 0 amide bonds. The second-order valence-electron chi connectivity index (χ2n) is 2.92. The summed E-state index contributed by atoms with van der Waals surface area (Å²) in [6.45, 7) is 2.83. The first-order valence-electron chi connectivity index (χ1n) is 4.90. The van der Waals surface area contributed by atoms with Crippen LogP contribution < -0.4 is 15.2 Å². The number of carbonyl (C=O) groups excluding carboxylic acids is 1. The highest BCUT2D eigenvalue weighted by Gasteiger charge is 2.03. The van der Waals surface area contributed by atoms with Gasteiger partial charge in [0.05, 0.1) is 13.0 Å². The van der Waals surface area contributed by atoms with Gasteiger partial charge in [-0.05, 0) is 31.2 Å². The molecule has 0 atom stereocenters. The van der Waals surface area contributed by atoms with E-state index in [1.54, 1.807) is 24.3 Å². The lowest BCUT2D eigenvalue weighted by molar-refractivity contribution is -0.134. The summed E-state index contributed by atoms with van der Waals surface area (Å²) in [7, 11) is 0. The molecule has 0 bridgehead atoms. The van der Waals surface area contributed by atoms with Crippen molar-refractivity contribution in [2.75, 3.05) is 13.2 Å². The van der Waals surface area contributed by atoms with Gasteiger partial charge in [-0.15, -0.1) is 0 Å². The van der Waals surface area contributed by atoms with Crippen molar-refractivity contribution < 1.29 is 14.3 Å². The maximum absolute atomic E-state index is 11.1. The van der Waals surface area contributed by atoms with Crippen LogP contribution in [0, 0.1) is 0 Å². The number of benzene rings is 1. The van der Waals surface area contributed by atoms with Crippen molar-refractivity contribution in [1.82, 2.24) is 0 Å². The number of hydrogen-bond donors (Lipinski definition) is 1. The van der Waals surface area contributed by atoms with E-state index in [2.05, 4.69) is 0 Å². The summed E-state index contributed by atoms with van der Waals surface area (Å²) in [5, 5.41) is 0. The lowest BCUT2D eigenvalue weighted by Crippen LogP contribution is -2.13. The lowest BCUT2D eigenvalue weighted by Gasteiger charge is -2.05. The molecule has 0 saturated heterocycles. The maximum Gasteiger partial charge on any atom is 0.312 e. The smallest absolute Gasteiger partial charge is 0.312 e. The highest BCUT2D eigenvalue weighted by Crippen LogP contribution is 2.17. The van der Waals surface area contributed by atoms with Gasteiger partial charge in [-0.2, -0.15) is 0 Å². The Morgan fingerprint density at radius 2 is 1.87 bits per heavy atom. The summed E-state index contributed by atoms with van der Waals surface area (Å²) in [6.07, 6.45) is 0.229. The third kappa shape index (κ3) is 3.99. The molecule has 0 unspecified atom stereocenters. The molecule has 82 valence electrons. The van der Waals surface area contributed by atoms with Crippen LogP contribution in [0.15, 0.2) is 24.3 Å². The van der Waals surface area contributed by atoms with Crippen LogP contribution >= 0.6 is 0 Å². The first kappa shape index (κ1) is 11.5. The standard InChI is InChI=1S/C11H15NO3/c1-2-14-9-3-5-10(6-4-9)15-11(13)7-8-12/h3-6H,2,7-8,12H2,1H3. The molecule has 2 N–H and O–H groups in total. The Labute approximate surface area is 89.0 Å². The summed E-state index contributed by atoms with van der Waals surface area (Å²) in [5.41, 5.74) is 5.23. The van der Waals surface area contributed by atoms with Crippen LogP contribution in [0.1, 0.15) is 13.3 Å². The Bertz CT molecular complexity index is 308. The van der Waals surface area contributed by atoms with Crippen molar-refractivity contribution in [3.8, 4) is 11.5 Å². The van der Waals surface area contributed by atoms with E-state index in [0.717, 1.165) is 5.75 Å². The number of rotatable bonds is 5. The molecule has 0 saturated carbocycles. The van der Waals surface area contributed by atoms with Crippen molar-refractivity contribution in [2.24, 2.45) is 5.73 Å². The van der Waals surface area contributed by atoms with Gasteiger partial charge in [-0.3, -0.25) is 4.79 Å². The minimum Gasteiger partial charge on any atom is -0.494 e. The van der Waals surface area contributed by atoms with Crippen molar-refractivity contribution in [3.63, 3.8) is 0 Å². The normalized spacial score (nSPS) is 9.73. The van der Waals surface area contributed by atoms with Gasteiger partial charge in [0, 0.05) is 6.54 Å². The average Bonchev–Trinajstić information content (AvgIpc) is 2.22. The highest BCUT2D eigenvalue weighted by molar-refractivity contribution is 5.72. The molecular formula is C11H15NO3. The fourth-order valence-electron chi connectivity index (χ4n) is 1.07. The van der Waals surface area contributed by atoms with Gasteiger partial charge in [-0.25, -0.2) is 0 Å². The number of ether oxygens (including phenoxy) is 2. The zero-order valence-electron chi connectivity index (χ0n) is 8.73. The van der Waals surface area contributed by atoms with E-state index in [1.807, 2.05) is 6.92 Å². The molecule has 15 heavy (non-hydrogen) atoms. The second kappa shape index (κ2) is 6.03. The zero-order chi connectivity index (χ0) is 11.1. The third-order valence-electron chi connectivity index (χ3n) is 1.71. The average molecular weight is 209 g/mol. The van der Waals surface area contributed by atoms with Crippen LogP contribution in [0.3, 0.4) is 0 Å². The van der Waals surface area contributed by atoms with E-state index in [-0.39, 0.29) is 12.4 Å². The molecule has 0 aliphatic carbocycles. The van der Waals surface area contributed by atoms with Crippen LogP contribution in [0.4, 0.5) is 0 Å². The van der Waals surface area contributed by atoms with Crippen molar-refractivity contribution in [3.05, 3.63) is 24.3 Å². The summed E-state index contributed by atoms with van der Waals surface area (Å²) in [4.78, 5) is 11.1. The van der Waals surface area contributed by atoms with Crippen molar-refractivity contribution in [1.29, 1.82) is 0 Å². The second-order valence-corrected chi connectivity index (χ2v) is 2.92. The molecule has 4 nitrogen and oxygen atoms in total. The molecule has 1 rings (SSSR count). The van der Waals surface area contributed by atoms with Gasteiger partial charge in [0.25, 0.3) is 0 Å². The molecule has 0 aliphatic rings. The van der Waals surface area contributed by atoms with E-state index in [9.17, 15) is 4.79 Å². The van der Waals surface area contributed by atoms with Gasteiger partial charge in [0.2, 0.25) is 0 Å². The Kier molecular flexibility index (Phi) is 4.63. The van der Waals surface area contributed by atoms with Gasteiger partial charge < -0.3 is 15.2 Å². The van der Waals surface area contributed by atoms with Gasteiger partial charge in [0.1, 0.15) is 11.5 Å². The Balaban J connectivity index is 2.52. The van der Waals surface area contributed by atoms with Crippen molar-refractivity contribution in [2.45, 2.75) is 13.3 Å². The molecule has 0 fully saturated rings. The molecule has 4 heteroatoms. The number of carbonyl (C=O) groups is 1. The monoisotopic (exact) mass is 209 g/mol. The first-order chi connectivity index (χ1) is 7.26. The van der Waals surface area contributed by atoms with Gasteiger partial charge >= 0.3 is 5.97 Å². The van der Waals surface area contributed by atoms with Gasteiger partial charge in [-0.1, -0.05) is 0 Å². The van der Waals surface area contributed by atoms with E-state index in [4.69, 9.17) is 15.2 Å². The number of nitrogens with two attached hydrogens (primary N) is 1. The van der Waals surface area contributed by atoms with Crippen LogP contribution in [-0.4, -0.2) is 19.1 Å². The molecule has 1 aromatic carbocycles. The molecular weight excluding hydrogens is 194 g/mol. The summed E-state index contributed by atoms with van der Waals surface area (Å²) < 4.78 is 10.3. The Hall–Kier alpha value is -1.55. The minimum atomic E-state index is -0.318. The fraction of sp³-hybridized carbons (Fsp3) is 0.364. The topological polar surface area (TPSA) is 61.5 Å². The zero-order valence-corrected chi connectivity index (χ0v) is 8.73. The first-order valence-corrected chi connectivity index (χ1v) is 4.90. The third-order valence-corrected chi connectivity index (χ3v) is 1.71. The summed E-state index contributed by atoms with van der Waals surface area (Å²) in [5.74, 6) is 0.953. The Morgan fingerprint density at radius 1 is 1.27 bits per heavy atom. The van der Waals surface area contributed by atoms with E-state index in [1.165, 1.54) is 0 Å². The molecule has 0 heterocycles. The van der Waals surface area contributed by atoms with E-state index in [0.29, 0.717) is 18.9 Å². The molecule has 0 aromatic heterocycles. The van der Waals surface area contributed by atoms with Gasteiger partial charge in [0.15, 0.2) is 0 Å². The SMILES string of the molecule is CCOc1ccc(OC(=O)CCN)cc1. The highest BCUT2D eigenvalue weighted by atomic mass is 16.5. The lowest BCUT2D eigenvalue weighted by atomic mass is 10.3. The molecule has 0 radical (unpaired) electrons. The largest absolute Gasteiger partial charge is 0.494 e.